The molecular weight excluding hydrogens is 214 g/mol. The van der Waals surface area contributed by atoms with Crippen LogP contribution in [0.15, 0.2) is 18.2 Å². The topological polar surface area (TPSA) is 49.3 Å². The lowest BCUT2D eigenvalue weighted by atomic mass is 9.74. The Morgan fingerprint density at radius 3 is 2.71 bits per heavy atom. The van der Waals surface area contributed by atoms with Crippen LogP contribution < -0.4 is 5.32 Å². The molecule has 0 unspecified atom stereocenters. The maximum atomic E-state index is 12.1. The van der Waals surface area contributed by atoms with Gasteiger partial charge in [0.25, 0.3) is 5.91 Å². The maximum Gasteiger partial charge on any atom is 0.255 e. The number of aromatic hydroxyl groups is 1. The first-order valence-electron chi connectivity index (χ1n) is 6.18. The van der Waals surface area contributed by atoms with Crippen LogP contribution in [0.5, 0.6) is 5.75 Å². The van der Waals surface area contributed by atoms with E-state index in [0.717, 1.165) is 24.8 Å². The summed E-state index contributed by atoms with van der Waals surface area (Å²) in [6.07, 6.45) is 4.21. The molecule has 1 aliphatic carbocycles. The number of phenols is 1. The Kier molecular flexibility index (Phi) is 3.09. The van der Waals surface area contributed by atoms with Gasteiger partial charge in [0.1, 0.15) is 5.75 Å². The quantitative estimate of drug-likeness (QED) is 0.843. The van der Waals surface area contributed by atoms with E-state index in [0.29, 0.717) is 5.56 Å². The van der Waals surface area contributed by atoms with E-state index >= 15 is 0 Å². The molecule has 3 heteroatoms. The zero-order valence-electron chi connectivity index (χ0n) is 10.4. The molecule has 0 aromatic heterocycles. The predicted molar refractivity (Wildman–Crippen MR) is 67.2 cm³/mol. The van der Waals surface area contributed by atoms with Crippen molar-refractivity contribution >= 4 is 5.91 Å². The predicted octanol–water partition coefficient (Wildman–Crippen LogP) is 2.76. The molecule has 1 aliphatic rings. The average Bonchev–Trinajstić information content (AvgIpc) is 2.26. The Morgan fingerprint density at radius 2 is 2.18 bits per heavy atom. The van der Waals surface area contributed by atoms with Crippen molar-refractivity contribution in [1.29, 1.82) is 0 Å². The van der Waals surface area contributed by atoms with Gasteiger partial charge in [-0.1, -0.05) is 18.6 Å². The highest BCUT2D eigenvalue weighted by atomic mass is 16.3. The van der Waals surface area contributed by atoms with E-state index < -0.39 is 0 Å². The van der Waals surface area contributed by atoms with E-state index in [2.05, 4.69) is 12.2 Å². The molecule has 0 saturated heterocycles. The van der Waals surface area contributed by atoms with Gasteiger partial charge >= 0.3 is 0 Å². The Balaban J connectivity index is 2.17. The molecule has 17 heavy (non-hydrogen) atoms. The summed E-state index contributed by atoms with van der Waals surface area (Å²) < 4.78 is 0. The van der Waals surface area contributed by atoms with Gasteiger partial charge in [0.15, 0.2) is 0 Å². The van der Waals surface area contributed by atoms with Gasteiger partial charge < -0.3 is 10.4 Å². The first kappa shape index (κ1) is 12.0. The third-order valence-corrected chi connectivity index (χ3v) is 3.76. The molecule has 92 valence electrons. The molecule has 0 atom stereocenters. The number of benzene rings is 1. The second kappa shape index (κ2) is 4.40. The molecule has 0 spiro atoms. The van der Waals surface area contributed by atoms with Crippen molar-refractivity contribution in [2.24, 2.45) is 0 Å². The lowest BCUT2D eigenvalue weighted by molar-refractivity contribution is 0.0817. The molecule has 0 radical (unpaired) electrons. The zero-order valence-corrected chi connectivity index (χ0v) is 10.4. The molecule has 1 saturated carbocycles. The molecular formula is C14H19NO2. The average molecular weight is 233 g/mol. The monoisotopic (exact) mass is 233 g/mol. The molecule has 3 nitrogen and oxygen atoms in total. The molecule has 0 aliphatic heterocycles. The van der Waals surface area contributed by atoms with Gasteiger partial charge in [-0.2, -0.15) is 0 Å². The Bertz CT molecular complexity index is 430. The van der Waals surface area contributed by atoms with Crippen molar-refractivity contribution in [3.8, 4) is 5.75 Å². The van der Waals surface area contributed by atoms with Crippen LogP contribution in [-0.4, -0.2) is 16.6 Å². The van der Waals surface area contributed by atoms with Crippen LogP contribution >= 0.6 is 0 Å². The molecule has 1 fully saturated rings. The Hall–Kier alpha value is -1.51. The van der Waals surface area contributed by atoms with Crippen LogP contribution in [-0.2, 0) is 0 Å². The minimum absolute atomic E-state index is 0.0345. The van der Waals surface area contributed by atoms with E-state index in [1.807, 2.05) is 6.92 Å². The van der Waals surface area contributed by atoms with Crippen LogP contribution in [0.2, 0.25) is 0 Å². The second-order valence-corrected chi connectivity index (χ2v) is 4.96. The smallest absolute Gasteiger partial charge is 0.255 e. The number of hydrogen-bond acceptors (Lipinski definition) is 2. The van der Waals surface area contributed by atoms with Crippen LogP contribution in [0.25, 0.3) is 0 Å². The van der Waals surface area contributed by atoms with E-state index in [4.69, 9.17) is 0 Å². The summed E-state index contributed by atoms with van der Waals surface area (Å²) in [6.45, 7) is 4.00. The highest BCUT2D eigenvalue weighted by molar-refractivity contribution is 5.97. The molecule has 1 aromatic carbocycles. The summed E-state index contributed by atoms with van der Waals surface area (Å²) in [6, 6.07) is 5.10. The lowest BCUT2D eigenvalue weighted by Crippen LogP contribution is -2.52. The number of phenolic OH excluding ortho intramolecular Hbond substituents is 1. The van der Waals surface area contributed by atoms with Crippen LogP contribution in [0, 0.1) is 6.92 Å². The SMILES string of the molecule is CCC1(NC(=O)c2cc(C)ccc2O)CCC1. The van der Waals surface area contributed by atoms with Gasteiger partial charge in [0.05, 0.1) is 5.56 Å². The van der Waals surface area contributed by atoms with E-state index in [1.54, 1.807) is 18.2 Å². The van der Waals surface area contributed by atoms with Crippen molar-refractivity contribution < 1.29 is 9.90 Å². The Morgan fingerprint density at radius 1 is 1.47 bits per heavy atom. The molecule has 2 rings (SSSR count). The molecule has 1 amide bonds. The van der Waals surface area contributed by atoms with Crippen LogP contribution in [0.1, 0.15) is 48.5 Å². The molecule has 2 N–H and O–H groups in total. The van der Waals surface area contributed by atoms with Crippen LogP contribution in [0.3, 0.4) is 0 Å². The summed E-state index contributed by atoms with van der Waals surface area (Å²) in [5.74, 6) is -0.105. The zero-order chi connectivity index (χ0) is 12.5. The van der Waals surface area contributed by atoms with Gasteiger partial charge in [-0.25, -0.2) is 0 Å². The van der Waals surface area contributed by atoms with Crippen molar-refractivity contribution in [1.82, 2.24) is 5.32 Å². The normalized spacial score (nSPS) is 17.3. The first-order valence-corrected chi connectivity index (χ1v) is 6.18. The summed E-state index contributed by atoms with van der Waals surface area (Å²) in [4.78, 5) is 12.1. The number of aryl methyl sites for hydroxylation is 1. The number of carbonyl (C=O) groups excluding carboxylic acids is 1. The number of nitrogens with one attached hydrogen (secondary N) is 1. The molecule has 1 aromatic rings. The Labute approximate surface area is 102 Å². The van der Waals surface area contributed by atoms with Crippen molar-refractivity contribution in [2.45, 2.75) is 45.1 Å². The molecule has 0 bridgehead atoms. The third kappa shape index (κ3) is 2.28. The summed E-state index contributed by atoms with van der Waals surface area (Å²) >= 11 is 0. The maximum absolute atomic E-state index is 12.1. The van der Waals surface area contributed by atoms with E-state index in [-0.39, 0.29) is 17.2 Å². The van der Waals surface area contributed by atoms with Crippen LogP contribution in [0.4, 0.5) is 0 Å². The van der Waals surface area contributed by atoms with Crippen molar-refractivity contribution in [2.75, 3.05) is 0 Å². The highest BCUT2D eigenvalue weighted by Crippen LogP contribution is 2.35. The van der Waals surface area contributed by atoms with Gasteiger partial charge in [0, 0.05) is 5.54 Å². The minimum atomic E-state index is -0.159. The number of carbonyl (C=O) groups is 1. The largest absolute Gasteiger partial charge is 0.507 e. The highest BCUT2D eigenvalue weighted by Gasteiger charge is 2.36. The van der Waals surface area contributed by atoms with Gasteiger partial charge in [-0.05, 0) is 44.7 Å². The summed E-state index contributed by atoms with van der Waals surface area (Å²) in [7, 11) is 0. The summed E-state index contributed by atoms with van der Waals surface area (Å²) in [5, 5.41) is 12.8. The van der Waals surface area contributed by atoms with Gasteiger partial charge in [0.2, 0.25) is 0 Å². The first-order chi connectivity index (χ1) is 8.06. The van der Waals surface area contributed by atoms with E-state index in [1.165, 1.54) is 6.42 Å². The second-order valence-electron chi connectivity index (χ2n) is 4.96. The fourth-order valence-electron chi connectivity index (χ4n) is 2.31. The summed E-state index contributed by atoms with van der Waals surface area (Å²) in [5.41, 5.74) is 1.32. The van der Waals surface area contributed by atoms with Gasteiger partial charge in [-0.3, -0.25) is 4.79 Å². The van der Waals surface area contributed by atoms with Crippen molar-refractivity contribution in [3.05, 3.63) is 29.3 Å². The molecule has 0 heterocycles. The van der Waals surface area contributed by atoms with Crippen molar-refractivity contribution in [3.63, 3.8) is 0 Å². The van der Waals surface area contributed by atoms with E-state index in [9.17, 15) is 9.90 Å². The van der Waals surface area contributed by atoms with Gasteiger partial charge in [-0.15, -0.1) is 0 Å². The fourth-order valence-corrected chi connectivity index (χ4v) is 2.31. The number of amides is 1. The standard InChI is InChI=1S/C14H19NO2/c1-3-14(7-4-8-14)15-13(17)11-9-10(2)5-6-12(11)16/h5-6,9,16H,3-4,7-8H2,1-2H3,(H,15,17). The minimum Gasteiger partial charge on any atom is -0.507 e. The fraction of sp³-hybridized carbons (Fsp3) is 0.500. The third-order valence-electron chi connectivity index (χ3n) is 3.76. The number of rotatable bonds is 3. The number of hydrogen-bond donors (Lipinski definition) is 2. The lowest BCUT2D eigenvalue weighted by Gasteiger charge is -2.42.